The topological polar surface area (TPSA) is 38.3 Å². The summed E-state index contributed by atoms with van der Waals surface area (Å²) < 4.78 is 42.6. The molecule has 0 aliphatic carbocycles. The number of anilines is 1. The lowest BCUT2D eigenvalue weighted by atomic mass is 10.2. The SMILES string of the molecule is O=C(Nc1ccccc1)Oc1cc(C(F)(F)F)ccc1Cl. The van der Waals surface area contributed by atoms with Gasteiger partial charge in [0.25, 0.3) is 0 Å². The van der Waals surface area contributed by atoms with Crippen molar-refractivity contribution in [2.45, 2.75) is 6.18 Å². The van der Waals surface area contributed by atoms with Crippen LogP contribution >= 0.6 is 11.6 Å². The maximum atomic E-state index is 12.6. The monoisotopic (exact) mass is 315 g/mol. The Hall–Kier alpha value is -2.21. The van der Waals surface area contributed by atoms with Gasteiger partial charge in [-0.2, -0.15) is 13.2 Å². The summed E-state index contributed by atoms with van der Waals surface area (Å²) in [4.78, 5) is 11.6. The van der Waals surface area contributed by atoms with Gasteiger partial charge in [-0.15, -0.1) is 0 Å². The van der Waals surface area contributed by atoms with Gasteiger partial charge in [0.05, 0.1) is 10.6 Å². The average Bonchev–Trinajstić information content (AvgIpc) is 2.41. The van der Waals surface area contributed by atoms with E-state index in [0.29, 0.717) is 11.8 Å². The molecule has 1 N–H and O–H groups in total. The Balaban J connectivity index is 2.14. The first-order valence-electron chi connectivity index (χ1n) is 5.77. The van der Waals surface area contributed by atoms with Gasteiger partial charge in [-0.25, -0.2) is 4.79 Å². The van der Waals surface area contributed by atoms with Crippen LogP contribution in [-0.2, 0) is 6.18 Å². The normalized spacial score (nSPS) is 11.0. The minimum absolute atomic E-state index is 0.0915. The van der Waals surface area contributed by atoms with Crippen molar-refractivity contribution in [3.63, 3.8) is 0 Å². The third kappa shape index (κ3) is 4.13. The van der Waals surface area contributed by atoms with Gasteiger partial charge < -0.3 is 4.74 Å². The molecule has 0 spiro atoms. The Bertz CT molecular complexity index is 644. The second-order valence-corrected chi connectivity index (χ2v) is 4.43. The molecule has 0 heterocycles. The number of halogens is 4. The van der Waals surface area contributed by atoms with Crippen LogP contribution in [0.5, 0.6) is 5.75 Å². The molecule has 0 aliphatic rings. The Morgan fingerprint density at radius 1 is 1.10 bits per heavy atom. The van der Waals surface area contributed by atoms with Crippen LogP contribution in [-0.4, -0.2) is 6.09 Å². The highest BCUT2D eigenvalue weighted by Gasteiger charge is 2.31. The number of ether oxygens (including phenoxy) is 1. The molecule has 3 nitrogen and oxygen atoms in total. The van der Waals surface area contributed by atoms with Gasteiger partial charge in [0.15, 0.2) is 5.75 Å². The molecular formula is C14H9ClF3NO2. The summed E-state index contributed by atoms with van der Waals surface area (Å²) >= 11 is 5.72. The summed E-state index contributed by atoms with van der Waals surface area (Å²) in [5.41, 5.74) is -0.500. The summed E-state index contributed by atoms with van der Waals surface area (Å²) in [5.74, 6) is -0.361. The highest BCUT2D eigenvalue weighted by molar-refractivity contribution is 6.32. The fraction of sp³-hybridized carbons (Fsp3) is 0.0714. The van der Waals surface area contributed by atoms with Crippen LogP contribution in [0.4, 0.5) is 23.7 Å². The van der Waals surface area contributed by atoms with Crippen molar-refractivity contribution in [2.24, 2.45) is 0 Å². The second-order valence-electron chi connectivity index (χ2n) is 4.02. The molecule has 2 aromatic rings. The molecule has 0 saturated carbocycles. The van der Waals surface area contributed by atoms with Crippen LogP contribution in [0.25, 0.3) is 0 Å². The number of para-hydroxylation sites is 1. The molecule has 0 saturated heterocycles. The molecule has 21 heavy (non-hydrogen) atoms. The lowest BCUT2D eigenvalue weighted by Crippen LogP contribution is -2.17. The molecule has 0 radical (unpaired) electrons. The summed E-state index contributed by atoms with van der Waals surface area (Å²) in [6.45, 7) is 0. The fourth-order valence-electron chi connectivity index (χ4n) is 1.52. The molecule has 110 valence electrons. The summed E-state index contributed by atoms with van der Waals surface area (Å²) in [5, 5.41) is 2.28. The van der Waals surface area contributed by atoms with Gasteiger partial charge in [-0.3, -0.25) is 5.32 Å². The highest BCUT2D eigenvalue weighted by atomic mass is 35.5. The highest BCUT2D eigenvalue weighted by Crippen LogP contribution is 2.35. The van der Waals surface area contributed by atoms with Crippen molar-refractivity contribution in [2.75, 3.05) is 5.32 Å². The van der Waals surface area contributed by atoms with Crippen molar-refractivity contribution >= 4 is 23.4 Å². The summed E-state index contributed by atoms with van der Waals surface area (Å²) in [7, 11) is 0. The second kappa shape index (κ2) is 6.05. The molecule has 0 fully saturated rings. The predicted octanol–water partition coefficient (Wildman–Crippen LogP) is 4.97. The zero-order valence-electron chi connectivity index (χ0n) is 10.4. The summed E-state index contributed by atoms with van der Waals surface area (Å²) in [6.07, 6.45) is -5.47. The van der Waals surface area contributed by atoms with Crippen LogP contribution in [0.1, 0.15) is 5.56 Å². The van der Waals surface area contributed by atoms with E-state index in [4.69, 9.17) is 16.3 Å². The Kier molecular flexibility index (Phi) is 4.37. The van der Waals surface area contributed by atoms with E-state index in [1.54, 1.807) is 30.3 Å². The van der Waals surface area contributed by atoms with Crippen molar-refractivity contribution < 1.29 is 22.7 Å². The number of benzene rings is 2. The fourth-order valence-corrected chi connectivity index (χ4v) is 1.68. The number of carbonyl (C=O) groups is 1. The van der Waals surface area contributed by atoms with E-state index in [-0.39, 0.29) is 10.8 Å². The van der Waals surface area contributed by atoms with E-state index in [1.807, 2.05) is 0 Å². The predicted molar refractivity (Wildman–Crippen MR) is 72.5 cm³/mol. The molecule has 0 unspecified atom stereocenters. The van der Waals surface area contributed by atoms with E-state index in [9.17, 15) is 18.0 Å². The maximum absolute atomic E-state index is 12.6. The van der Waals surface area contributed by atoms with Crippen molar-refractivity contribution in [3.05, 3.63) is 59.1 Å². The molecule has 2 rings (SSSR count). The van der Waals surface area contributed by atoms with E-state index < -0.39 is 17.8 Å². The summed E-state index contributed by atoms with van der Waals surface area (Å²) in [6, 6.07) is 10.8. The number of amides is 1. The Morgan fingerprint density at radius 3 is 2.38 bits per heavy atom. The van der Waals surface area contributed by atoms with Gasteiger partial charge in [0, 0.05) is 5.69 Å². The number of nitrogens with one attached hydrogen (secondary N) is 1. The Morgan fingerprint density at radius 2 is 1.76 bits per heavy atom. The molecular weight excluding hydrogens is 307 g/mol. The minimum Gasteiger partial charge on any atom is -0.408 e. The molecule has 0 aromatic heterocycles. The third-order valence-corrected chi connectivity index (χ3v) is 2.79. The van der Waals surface area contributed by atoms with Gasteiger partial charge >= 0.3 is 12.3 Å². The first kappa shape index (κ1) is 15.2. The molecule has 0 atom stereocenters. The zero-order chi connectivity index (χ0) is 15.5. The van der Waals surface area contributed by atoms with E-state index in [2.05, 4.69) is 5.32 Å². The van der Waals surface area contributed by atoms with Gasteiger partial charge in [-0.05, 0) is 30.3 Å². The van der Waals surface area contributed by atoms with E-state index in [1.165, 1.54) is 0 Å². The van der Waals surface area contributed by atoms with Crippen LogP contribution in [0.2, 0.25) is 5.02 Å². The number of hydrogen-bond acceptors (Lipinski definition) is 2. The average molecular weight is 316 g/mol. The quantitative estimate of drug-likeness (QED) is 0.849. The number of rotatable bonds is 2. The zero-order valence-corrected chi connectivity index (χ0v) is 11.2. The van der Waals surface area contributed by atoms with Gasteiger partial charge in [-0.1, -0.05) is 29.8 Å². The largest absolute Gasteiger partial charge is 0.417 e. The molecule has 7 heteroatoms. The lowest BCUT2D eigenvalue weighted by Gasteiger charge is -2.11. The minimum atomic E-state index is -4.54. The van der Waals surface area contributed by atoms with Crippen LogP contribution in [0.15, 0.2) is 48.5 Å². The van der Waals surface area contributed by atoms with Crippen LogP contribution < -0.4 is 10.1 Å². The van der Waals surface area contributed by atoms with Crippen LogP contribution in [0, 0.1) is 0 Å². The molecule has 2 aromatic carbocycles. The maximum Gasteiger partial charge on any atom is 0.417 e. The number of carbonyl (C=O) groups excluding carboxylic acids is 1. The number of alkyl halides is 3. The Labute approximate surface area is 123 Å². The van der Waals surface area contributed by atoms with Crippen molar-refractivity contribution in [1.82, 2.24) is 0 Å². The van der Waals surface area contributed by atoms with Crippen LogP contribution in [0.3, 0.4) is 0 Å². The van der Waals surface area contributed by atoms with Crippen molar-refractivity contribution in [3.8, 4) is 5.75 Å². The van der Waals surface area contributed by atoms with Gasteiger partial charge in [0.1, 0.15) is 0 Å². The molecule has 1 amide bonds. The lowest BCUT2D eigenvalue weighted by molar-refractivity contribution is -0.137. The van der Waals surface area contributed by atoms with E-state index in [0.717, 1.165) is 12.1 Å². The smallest absolute Gasteiger partial charge is 0.408 e. The number of hydrogen-bond donors (Lipinski definition) is 1. The first-order valence-corrected chi connectivity index (χ1v) is 6.14. The van der Waals surface area contributed by atoms with E-state index >= 15 is 0 Å². The third-order valence-electron chi connectivity index (χ3n) is 2.48. The molecule has 0 bridgehead atoms. The standard InChI is InChI=1S/C14H9ClF3NO2/c15-11-7-6-9(14(16,17)18)8-12(11)21-13(20)19-10-4-2-1-3-5-10/h1-8H,(H,19,20). The van der Waals surface area contributed by atoms with Crippen molar-refractivity contribution in [1.29, 1.82) is 0 Å². The first-order chi connectivity index (χ1) is 9.86. The molecule has 0 aliphatic heterocycles. The van der Waals surface area contributed by atoms with Gasteiger partial charge in [0.2, 0.25) is 0 Å².